The Morgan fingerprint density at radius 1 is 1.00 bits per heavy atom. The quantitative estimate of drug-likeness (QED) is 0.416. The first-order valence-electron chi connectivity index (χ1n) is 10.9. The number of hydrogen-bond acceptors (Lipinski definition) is 8. The number of methoxy groups -OCH3 is 3. The first-order valence-corrected chi connectivity index (χ1v) is 11.8. The molecule has 0 bridgehead atoms. The van der Waals surface area contributed by atoms with Crippen LogP contribution in [0.5, 0.6) is 17.2 Å². The molecule has 2 aromatic heterocycles. The van der Waals surface area contributed by atoms with Crippen LogP contribution in [0.25, 0.3) is 11.4 Å². The zero-order valence-electron chi connectivity index (χ0n) is 19.3. The maximum absolute atomic E-state index is 5.76. The molecule has 1 aromatic carbocycles. The van der Waals surface area contributed by atoms with Crippen LogP contribution in [0, 0.1) is 13.8 Å². The fourth-order valence-electron chi connectivity index (χ4n) is 4.18. The molecule has 2 heterocycles. The molecule has 4 rings (SSSR count). The molecular weight excluding hydrogens is 428 g/mol. The zero-order valence-corrected chi connectivity index (χ0v) is 20.1. The second kappa shape index (κ2) is 9.85. The Balaban J connectivity index is 1.73. The monoisotopic (exact) mass is 458 g/mol. The van der Waals surface area contributed by atoms with Crippen molar-refractivity contribution in [2.24, 2.45) is 0 Å². The van der Waals surface area contributed by atoms with E-state index in [0.717, 1.165) is 40.8 Å². The Morgan fingerprint density at radius 3 is 2.25 bits per heavy atom. The predicted molar refractivity (Wildman–Crippen MR) is 123 cm³/mol. The van der Waals surface area contributed by atoms with Crippen molar-refractivity contribution >= 4 is 11.8 Å². The van der Waals surface area contributed by atoms with E-state index < -0.39 is 0 Å². The molecule has 172 valence electrons. The molecule has 32 heavy (non-hydrogen) atoms. The molecular formula is C23H30N4O4S. The highest BCUT2D eigenvalue weighted by Crippen LogP contribution is 2.43. The van der Waals surface area contributed by atoms with E-state index >= 15 is 0 Å². The average Bonchev–Trinajstić information content (AvgIpc) is 3.39. The molecule has 0 aliphatic heterocycles. The minimum absolute atomic E-state index is 0.350. The summed E-state index contributed by atoms with van der Waals surface area (Å²) in [6.45, 7) is 3.89. The molecule has 1 fully saturated rings. The largest absolute Gasteiger partial charge is 0.493 e. The van der Waals surface area contributed by atoms with E-state index in [1.807, 2.05) is 26.0 Å². The van der Waals surface area contributed by atoms with Crippen molar-refractivity contribution in [1.82, 2.24) is 19.7 Å². The molecule has 0 unspecified atom stereocenters. The van der Waals surface area contributed by atoms with Gasteiger partial charge in [-0.25, -0.2) is 4.98 Å². The van der Waals surface area contributed by atoms with E-state index in [0.29, 0.717) is 34.9 Å². The van der Waals surface area contributed by atoms with Crippen LogP contribution in [0.15, 0.2) is 21.7 Å². The van der Waals surface area contributed by atoms with E-state index in [4.69, 9.17) is 18.6 Å². The van der Waals surface area contributed by atoms with Crippen molar-refractivity contribution in [2.45, 2.75) is 62.9 Å². The van der Waals surface area contributed by atoms with Gasteiger partial charge in [0.25, 0.3) is 0 Å². The minimum atomic E-state index is 0.350. The molecule has 1 saturated carbocycles. The zero-order chi connectivity index (χ0) is 22.7. The first-order chi connectivity index (χ1) is 15.5. The van der Waals surface area contributed by atoms with Crippen molar-refractivity contribution in [1.29, 1.82) is 0 Å². The SMILES string of the molecule is COc1cc(-c2nnc(SCc3nc(C)c(C)o3)n2C2CCCCC2)cc(OC)c1OC. The Kier molecular flexibility index (Phi) is 6.93. The summed E-state index contributed by atoms with van der Waals surface area (Å²) in [5, 5.41) is 10.0. The summed E-state index contributed by atoms with van der Waals surface area (Å²) in [5.41, 5.74) is 1.81. The second-order valence-electron chi connectivity index (χ2n) is 7.92. The summed E-state index contributed by atoms with van der Waals surface area (Å²) in [7, 11) is 4.84. The van der Waals surface area contributed by atoms with Crippen LogP contribution < -0.4 is 14.2 Å². The van der Waals surface area contributed by atoms with Gasteiger partial charge in [-0.15, -0.1) is 10.2 Å². The third kappa shape index (κ3) is 4.44. The molecule has 1 aliphatic rings. The fourth-order valence-corrected chi connectivity index (χ4v) is 5.03. The number of aromatic nitrogens is 4. The molecule has 0 N–H and O–H groups in total. The van der Waals surface area contributed by atoms with Gasteiger partial charge in [0.1, 0.15) is 5.76 Å². The van der Waals surface area contributed by atoms with Gasteiger partial charge in [-0.3, -0.25) is 4.57 Å². The molecule has 0 saturated heterocycles. The van der Waals surface area contributed by atoms with Gasteiger partial charge in [-0.1, -0.05) is 31.0 Å². The van der Waals surface area contributed by atoms with Crippen LogP contribution in [-0.4, -0.2) is 41.1 Å². The van der Waals surface area contributed by atoms with E-state index in [1.54, 1.807) is 33.1 Å². The Hall–Kier alpha value is -2.68. The third-order valence-electron chi connectivity index (χ3n) is 5.92. The summed E-state index contributed by atoms with van der Waals surface area (Å²) in [4.78, 5) is 4.50. The van der Waals surface area contributed by atoms with Gasteiger partial charge in [0.15, 0.2) is 22.5 Å². The number of thioether (sulfide) groups is 1. The highest BCUT2D eigenvalue weighted by atomic mass is 32.2. The number of hydrogen-bond donors (Lipinski definition) is 0. The van der Waals surface area contributed by atoms with Crippen molar-refractivity contribution in [3.05, 3.63) is 29.5 Å². The lowest BCUT2D eigenvalue weighted by Gasteiger charge is -2.26. The van der Waals surface area contributed by atoms with Crippen LogP contribution in [-0.2, 0) is 5.75 Å². The molecule has 8 nitrogen and oxygen atoms in total. The number of aryl methyl sites for hydroxylation is 2. The van der Waals surface area contributed by atoms with Crippen LogP contribution >= 0.6 is 11.8 Å². The number of oxazole rings is 1. The molecule has 0 amide bonds. The van der Waals surface area contributed by atoms with E-state index in [1.165, 1.54) is 19.3 Å². The van der Waals surface area contributed by atoms with Crippen molar-refractivity contribution in [2.75, 3.05) is 21.3 Å². The molecule has 3 aromatic rings. The maximum atomic E-state index is 5.76. The fraction of sp³-hybridized carbons (Fsp3) is 0.522. The van der Waals surface area contributed by atoms with Crippen LogP contribution in [0.4, 0.5) is 0 Å². The summed E-state index contributed by atoms with van der Waals surface area (Å²) >= 11 is 1.60. The highest BCUT2D eigenvalue weighted by Gasteiger charge is 2.26. The lowest BCUT2D eigenvalue weighted by molar-refractivity contribution is 0.324. The summed E-state index contributed by atoms with van der Waals surface area (Å²) in [6, 6.07) is 4.21. The number of nitrogens with zero attached hydrogens (tertiary/aromatic N) is 4. The molecule has 0 spiro atoms. The van der Waals surface area contributed by atoms with E-state index in [2.05, 4.69) is 19.7 Å². The van der Waals surface area contributed by atoms with Gasteiger partial charge in [0.05, 0.1) is 32.8 Å². The highest BCUT2D eigenvalue weighted by molar-refractivity contribution is 7.98. The van der Waals surface area contributed by atoms with Crippen molar-refractivity contribution in [3.63, 3.8) is 0 Å². The van der Waals surface area contributed by atoms with Crippen LogP contribution in [0.2, 0.25) is 0 Å². The Morgan fingerprint density at radius 2 is 1.69 bits per heavy atom. The van der Waals surface area contributed by atoms with Crippen LogP contribution in [0.3, 0.4) is 0 Å². The average molecular weight is 459 g/mol. The minimum Gasteiger partial charge on any atom is -0.493 e. The normalized spacial score (nSPS) is 14.5. The lowest BCUT2D eigenvalue weighted by Crippen LogP contribution is -2.15. The first kappa shape index (κ1) is 22.5. The van der Waals surface area contributed by atoms with Gasteiger partial charge < -0.3 is 18.6 Å². The van der Waals surface area contributed by atoms with Gasteiger partial charge >= 0.3 is 0 Å². The van der Waals surface area contributed by atoms with E-state index in [9.17, 15) is 0 Å². The topological polar surface area (TPSA) is 84.4 Å². The molecule has 0 radical (unpaired) electrons. The van der Waals surface area contributed by atoms with E-state index in [-0.39, 0.29) is 0 Å². The van der Waals surface area contributed by atoms with Crippen LogP contribution in [0.1, 0.15) is 55.5 Å². The summed E-state index contributed by atoms with van der Waals surface area (Å²) < 4.78 is 24.6. The smallest absolute Gasteiger partial charge is 0.205 e. The van der Waals surface area contributed by atoms with Gasteiger partial charge in [-0.05, 0) is 38.8 Å². The Labute approximate surface area is 192 Å². The lowest BCUT2D eigenvalue weighted by atomic mass is 9.95. The molecule has 9 heteroatoms. The Bertz CT molecular complexity index is 1030. The van der Waals surface area contributed by atoms with Crippen molar-refractivity contribution in [3.8, 4) is 28.6 Å². The number of ether oxygens (including phenoxy) is 3. The maximum Gasteiger partial charge on any atom is 0.205 e. The number of rotatable bonds is 8. The standard InChI is InChI=1S/C23H30N4O4S/c1-14-15(2)31-20(24-14)13-32-23-26-25-22(27(23)17-9-7-6-8-10-17)16-11-18(28-3)21(30-5)19(12-16)29-4/h11-12,17H,6-10,13H2,1-5H3. The predicted octanol–water partition coefficient (Wildman–Crippen LogP) is 5.37. The second-order valence-corrected chi connectivity index (χ2v) is 8.86. The summed E-state index contributed by atoms with van der Waals surface area (Å²) in [6.07, 6.45) is 5.91. The number of benzene rings is 1. The molecule has 1 aliphatic carbocycles. The van der Waals surface area contributed by atoms with Gasteiger partial charge in [-0.2, -0.15) is 0 Å². The van der Waals surface area contributed by atoms with Gasteiger partial charge in [0, 0.05) is 11.6 Å². The summed E-state index contributed by atoms with van der Waals surface area (Å²) in [5.74, 6) is 4.73. The van der Waals surface area contributed by atoms with Crippen molar-refractivity contribution < 1.29 is 18.6 Å². The molecule has 0 atom stereocenters. The third-order valence-corrected chi connectivity index (χ3v) is 6.85. The van der Waals surface area contributed by atoms with Gasteiger partial charge in [0.2, 0.25) is 11.6 Å².